The maximum absolute atomic E-state index is 6.64. The zero-order chi connectivity index (χ0) is 27.7. The van der Waals surface area contributed by atoms with Crippen molar-refractivity contribution in [2.45, 2.75) is 6.92 Å². The first-order valence-electron chi connectivity index (χ1n) is 14.2. The quantitative estimate of drug-likeness (QED) is 0.0986. The first kappa shape index (κ1) is 22.9. The average molecular weight is 652 g/mol. The van der Waals surface area contributed by atoms with Crippen LogP contribution < -0.4 is 0 Å². The van der Waals surface area contributed by atoms with Gasteiger partial charge >= 0.3 is 0 Å². The lowest BCUT2D eigenvalue weighted by atomic mass is 9.98. The summed E-state index contributed by atoms with van der Waals surface area (Å²) in [5.74, 6) is 0. The van der Waals surface area contributed by atoms with E-state index >= 15 is 0 Å². The molecule has 2 aromatic heterocycles. The molecule has 4 heterocycles. The smallest absolute Gasteiger partial charge is 0.138 e. The molecular weight excluding hydrogens is 629 g/mol. The Kier molecular flexibility index (Phi) is 4.33. The van der Waals surface area contributed by atoms with Gasteiger partial charge in [-0.25, -0.2) is 9.20 Å². The monoisotopic (exact) mass is 651 g/mol. The molecule has 0 spiro atoms. The predicted octanol–water partition coefficient (Wildman–Crippen LogP) is 10.4. The van der Waals surface area contributed by atoms with Gasteiger partial charge in [-0.15, -0.1) is 0 Å². The van der Waals surface area contributed by atoms with E-state index in [4.69, 9.17) is 4.42 Å². The fourth-order valence-electron chi connectivity index (χ4n) is 7.35. The van der Waals surface area contributed by atoms with Crippen molar-refractivity contribution in [1.82, 2.24) is 13.8 Å². The topological polar surface area (TPSA) is 27.4 Å². The third kappa shape index (κ3) is 2.68. The Hall–Kier alpha value is -4.75. The fraction of sp³-hybridized carbons (Fsp3) is 0.0270. The zero-order valence-electron chi connectivity index (χ0n) is 22.6. The van der Waals surface area contributed by atoms with Crippen molar-refractivity contribution < 1.29 is 4.42 Å². The van der Waals surface area contributed by atoms with E-state index in [1.54, 1.807) is 0 Å². The molecule has 0 atom stereocenters. The summed E-state index contributed by atoms with van der Waals surface area (Å²) in [6, 6.07) is 41.5. The van der Waals surface area contributed by atoms with E-state index in [-0.39, 0.29) is 0 Å². The van der Waals surface area contributed by atoms with Gasteiger partial charge in [0.1, 0.15) is 11.2 Å². The number of halogens is 1. The maximum Gasteiger partial charge on any atom is 0.138 e. The molecule has 4 nitrogen and oxygen atoms in total. The van der Waals surface area contributed by atoms with Crippen LogP contribution in [0, 0.1) is 10.5 Å². The molecule has 5 heteroatoms. The van der Waals surface area contributed by atoms with Crippen LogP contribution in [0.2, 0.25) is 0 Å². The van der Waals surface area contributed by atoms with E-state index < -0.39 is 0 Å². The number of fused-ring (bicyclic) bond motifs is 11. The predicted molar refractivity (Wildman–Crippen MR) is 182 cm³/mol. The Bertz CT molecular complexity index is 2720. The Morgan fingerprint density at radius 1 is 0.571 bits per heavy atom. The van der Waals surface area contributed by atoms with Crippen LogP contribution in [0.1, 0.15) is 5.56 Å². The number of hydrogen-bond acceptors (Lipinski definition) is 1. The summed E-state index contributed by atoms with van der Waals surface area (Å²) in [7, 11) is 0. The van der Waals surface area contributed by atoms with Gasteiger partial charge in [-0.3, -0.25) is 0 Å². The van der Waals surface area contributed by atoms with Crippen molar-refractivity contribution in [1.29, 1.82) is 0 Å². The van der Waals surface area contributed by atoms with Crippen molar-refractivity contribution in [2.24, 2.45) is 0 Å². The Morgan fingerprint density at radius 2 is 1.29 bits per heavy atom. The van der Waals surface area contributed by atoms with E-state index in [2.05, 4.69) is 159 Å². The lowest BCUT2D eigenvalue weighted by Crippen LogP contribution is -2.17. The van der Waals surface area contributed by atoms with Gasteiger partial charge in [-0.2, -0.15) is 0 Å². The highest BCUT2D eigenvalue weighted by molar-refractivity contribution is 14.1. The largest absolute Gasteiger partial charge is 0.456 e. The summed E-state index contributed by atoms with van der Waals surface area (Å²) in [5.41, 5.74) is 11.2. The number of furan rings is 1. The second-order valence-corrected chi connectivity index (χ2v) is 12.3. The molecule has 0 fully saturated rings. The molecule has 198 valence electrons. The molecule has 0 aliphatic carbocycles. The third-order valence-electron chi connectivity index (χ3n) is 8.97. The molecule has 0 N–H and O–H groups in total. The molecule has 42 heavy (non-hydrogen) atoms. The SMILES string of the molecule is Cc1cccc2c1n1n3c4ccccc4c4cccc(c5c-1c(cc1oc6ccccc6c15)n2-c1ccccc1I)c43. The van der Waals surface area contributed by atoms with Crippen LogP contribution >= 0.6 is 22.6 Å². The third-order valence-corrected chi connectivity index (χ3v) is 9.89. The Balaban J connectivity index is 1.66. The highest BCUT2D eigenvalue weighted by atomic mass is 127. The van der Waals surface area contributed by atoms with Crippen molar-refractivity contribution in [2.75, 3.05) is 0 Å². The van der Waals surface area contributed by atoms with Crippen molar-refractivity contribution in [3.05, 3.63) is 124 Å². The van der Waals surface area contributed by atoms with Crippen LogP contribution in [0.5, 0.6) is 0 Å². The van der Waals surface area contributed by atoms with Gasteiger partial charge in [-0.1, -0.05) is 78.9 Å². The minimum atomic E-state index is 0.901. The van der Waals surface area contributed by atoms with Gasteiger partial charge in [0.15, 0.2) is 0 Å². The van der Waals surface area contributed by atoms with Crippen LogP contribution in [0.3, 0.4) is 0 Å². The van der Waals surface area contributed by atoms with Crippen molar-refractivity contribution >= 4 is 93.7 Å². The minimum Gasteiger partial charge on any atom is -0.456 e. The van der Waals surface area contributed by atoms with Crippen molar-refractivity contribution in [3.63, 3.8) is 0 Å². The summed E-state index contributed by atoms with van der Waals surface area (Å²) in [6.45, 7) is 2.23. The van der Waals surface area contributed by atoms with Gasteiger partial charge < -0.3 is 8.98 Å². The molecule has 10 rings (SSSR count). The fourth-order valence-corrected chi connectivity index (χ4v) is 7.98. The molecule has 6 aromatic carbocycles. The Morgan fingerprint density at radius 3 is 2.19 bits per heavy atom. The van der Waals surface area contributed by atoms with E-state index in [9.17, 15) is 0 Å². The standard InChI is InChI=1S/C37H22IN3O/c1-21-10-8-18-29-35(21)41-37-30(39(29)28-17-6-4-15-26(28)38)20-32-33(24-12-3-7-19-31(24)42-32)34(37)25-14-9-13-23-22-11-2-5-16-27(22)40(41)36(23)25/h2-20H,1H3. The van der Waals surface area contributed by atoms with E-state index in [1.807, 2.05) is 0 Å². The van der Waals surface area contributed by atoms with Gasteiger partial charge in [-0.05, 0) is 65.4 Å². The molecule has 0 saturated heterocycles. The first-order valence-corrected chi connectivity index (χ1v) is 15.2. The summed E-state index contributed by atoms with van der Waals surface area (Å²) < 4.78 is 15.2. The number of para-hydroxylation sites is 5. The molecule has 0 saturated carbocycles. The second kappa shape index (κ2) is 7.95. The molecular formula is C37H22IN3O. The number of aryl methyl sites for hydroxylation is 1. The molecule has 2 aliphatic rings. The molecule has 0 bridgehead atoms. The summed E-state index contributed by atoms with van der Waals surface area (Å²) in [4.78, 5) is 0. The molecule has 0 unspecified atom stereocenters. The molecule has 0 radical (unpaired) electrons. The highest BCUT2D eigenvalue weighted by Gasteiger charge is 2.28. The van der Waals surface area contributed by atoms with Crippen molar-refractivity contribution in [3.8, 4) is 11.4 Å². The maximum atomic E-state index is 6.64. The highest BCUT2D eigenvalue weighted by Crippen LogP contribution is 2.47. The normalized spacial score (nSPS) is 12.5. The number of nitrogens with zero attached hydrogens (tertiary/aromatic N) is 3. The van der Waals surface area contributed by atoms with E-state index in [0.29, 0.717) is 0 Å². The molecule has 8 aromatic rings. The molecule has 0 amide bonds. The first-order chi connectivity index (χ1) is 20.7. The van der Waals surface area contributed by atoms with Crippen LogP contribution in [-0.4, -0.2) is 13.8 Å². The summed E-state index contributed by atoms with van der Waals surface area (Å²) in [5, 5.41) is 7.27. The number of benzene rings is 6. The lowest BCUT2D eigenvalue weighted by molar-refractivity contribution is 0.669. The minimum absolute atomic E-state index is 0.901. The van der Waals surface area contributed by atoms with Gasteiger partial charge in [0.05, 0.1) is 39.0 Å². The van der Waals surface area contributed by atoms with Gasteiger partial charge in [0.25, 0.3) is 0 Å². The van der Waals surface area contributed by atoms with Crippen LogP contribution in [0.25, 0.3) is 82.4 Å². The van der Waals surface area contributed by atoms with Crippen LogP contribution in [0.15, 0.2) is 120 Å². The lowest BCUT2D eigenvalue weighted by Gasteiger charge is -2.28. The van der Waals surface area contributed by atoms with Gasteiger partial charge in [0, 0.05) is 42.0 Å². The summed E-state index contributed by atoms with van der Waals surface area (Å²) >= 11 is 2.47. The zero-order valence-corrected chi connectivity index (χ0v) is 24.8. The van der Waals surface area contributed by atoms with E-state index in [1.165, 1.54) is 52.9 Å². The number of hydrogen-bond donors (Lipinski definition) is 0. The number of aromatic nitrogens is 3. The Labute approximate surface area is 253 Å². The molecule has 2 aliphatic heterocycles. The second-order valence-electron chi connectivity index (χ2n) is 11.2. The van der Waals surface area contributed by atoms with Crippen LogP contribution in [-0.2, 0) is 0 Å². The number of rotatable bonds is 1. The van der Waals surface area contributed by atoms with Gasteiger partial charge in [0.2, 0.25) is 0 Å². The summed E-state index contributed by atoms with van der Waals surface area (Å²) in [6.07, 6.45) is 0. The van der Waals surface area contributed by atoms with E-state index in [0.717, 1.165) is 38.7 Å². The average Bonchev–Trinajstić information content (AvgIpc) is 3.56. The van der Waals surface area contributed by atoms with Crippen LogP contribution in [0.4, 0.5) is 0 Å².